The van der Waals surface area contributed by atoms with Crippen molar-refractivity contribution in [2.24, 2.45) is 10.8 Å². The summed E-state index contributed by atoms with van der Waals surface area (Å²) >= 11 is 0. The fourth-order valence-corrected chi connectivity index (χ4v) is 8.71. The molecular weight excluding hydrogens is 760 g/mol. The molecule has 1 heterocycles. The molecule has 1 aliphatic heterocycles. The van der Waals surface area contributed by atoms with Gasteiger partial charge in [-0.25, -0.2) is 0 Å². The van der Waals surface area contributed by atoms with Crippen molar-refractivity contribution in [3.8, 4) is 11.5 Å². The number of likely N-dealkylation sites (tertiary alicyclic amines) is 1. The first-order chi connectivity index (χ1) is 29.1. The number of aliphatic hydroxyl groups excluding tert-OH is 1. The van der Waals surface area contributed by atoms with Gasteiger partial charge in [-0.05, 0) is 86.1 Å². The van der Waals surface area contributed by atoms with Crippen molar-refractivity contribution in [2.45, 2.75) is 135 Å². The van der Waals surface area contributed by atoms with Gasteiger partial charge in [0.25, 0.3) is 0 Å². The van der Waals surface area contributed by atoms with Gasteiger partial charge in [0.1, 0.15) is 17.1 Å². The van der Waals surface area contributed by atoms with Gasteiger partial charge in [-0.3, -0.25) is 4.79 Å². The number of carbonyl (C=O) groups is 2. The van der Waals surface area contributed by atoms with Crippen LogP contribution in [0.1, 0.15) is 146 Å². The number of nitrogens with one attached hydrogen (secondary N) is 1. The molecule has 4 rings (SSSR count). The van der Waals surface area contributed by atoms with E-state index in [1.807, 2.05) is 47.4 Å². The Labute approximate surface area is 379 Å². The Morgan fingerprint density at radius 3 is 1.48 bits per heavy atom. The first-order valence-corrected chi connectivity index (χ1v) is 22.9. The topological polar surface area (TPSA) is 120 Å². The van der Waals surface area contributed by atoms with E-state index in [1.54, 1.807) is 14.2 Å². The molecule has 0 aliphatic carbocycles. The van der Waals surface area contributed by atoms with Crippen LogP contribution in [0.15, 0.2) is 78.9 Å². The molecule has 9 nitrogen and oxygen atoms in total. The van der Waals surface area contributed by atoms with E-state index in [9.17, 15) is 19.8 Å². The Bertz CT molecular complexity index is 1610. The number of unbranched alkanes of at least 4 members (excludes halogenated alkanes) is 14. The summed E-state index contributed by atoms with van der Waals surface area (Å²) in [5, 5.41) is 24.9. The molecule has 0 spiro atoms. The predicted octanol–water partition coefficient (Wildman–Crippen LogP) is 6.22. The summed E-state index contributed by atoms with van der Waals surface area (Å²) in [4.78, 5) is 26.1. The number of rotatable bonds is 31. The molecule has 0 saturated carbocycles. The van der Waals surface area contributed by atoms with Gasteiger partial charge in [-0.1, -0.05) is 145 Å². The van der Waals surface area contributed by atoms with Gasteiger partial charge in [0.2, 0.25) is 5.91 Å². The summed E-state index contributed by atoms with van der Waals surface area (Å²) in [6.45, 7) is 7.71. The van der Waals surface area contributed by atoms with Crippen LogP contribution in [-0.2, 0) is 19.9 Å². The molecule has 1 saturated heterocycles. The minimum Gasteiger partial charge on any atom is -0.550 e. The number of carboxylic acid groups (broad SMARTS) is 1. The van der Waals surface area contributed by atoms with Crippen LogP contribution in [0.2, 0.25) is 0 Å². The maximum atomic E-state index is 13.7. The average molecular weight is 835 g/mol. The first-order valence-electron chi connectivity index (χ1n) is 22.9. The molecule has 1 amide bonds. The summed E-state index contributed by atoms with van der Waals surface area (Å²) in [7, 11) is 3.33. The zero-order valence-electron chi connectivity index (χ0n) is 38.3. The Morgan fingerprint density at radius 2 is 1.03 bits per heavy atom. The van der Waals surface area contributed by atoms with Crippen molar-refractivity contribution < 1.29 is 52.9 Å². The molecule has 0 aromatic heterocycles. The fraction of sp³-hybridized carbons (Fsp3) is 0.608. The third-order valence-corrected chi connectivity index (χ3v) is 13.0. The summed E-state index contributed by atoms with van der Waals surface area (Å²) < 4.78 is 18.3. The number of carbonyl (C=O) groups excluding carboxylic acids is 2. The zero-order chi connectivity index (χ0) is 43.1. The number of hydrogen-bond donors (Lipinski definition) is 2. The molecule has 2 atom stereocenters. The van der Waals surface area contributed by atoms with E-state index in [4.69, 9.17) is 14.2 Å². The number of ether oxygens (including phenoxy) is 3. The zero-order valence-corrected chi connectivity index (χ0v) is 38.3. The molecular formula is C51H75LiN2O7. The van der Waals surface area contributed by atoms with Crippen LogP contribution in [0, 0.1) is 10.8 Å². The van der Waals surface area contributed by atoms with Crippen LogP contribution in [-0.4, -0.2) is 75.5 Å². The molecule has 3 aromatic carbocycles. The number of carboxylic acids is 1. The van der Waals surface area contributed by atoms with Gasteiger partial charge < -0.3 is 39.4 Å². The normalized spacial score (nSPS) is 17.6. The van der Waals surface area contributed by atoms with Crippen molar-refractivity contribution >= 4 is 11.9 Å². The quantitative estimate of drug-likeness (QED) is 0.0446. The maximum absolute atomic E-state index is 13.7. The van der Waals surface area contributed by atoms with E-state index in [1.165, 1.54) is 64.2 Å². The number of aliphatic hydroxyl groups is 1. The van der Waals surface area contributed by atoms with E-state index in [2.05, 4.69) is 55.6 Å². The van der Waals surface area contributed by atoms with Crippen molar-refractivity contribution in [1.29, 1.82) is 0 Å². The Morgan fingerprint density at radius 1 is 0.623 bits per heavy atom. The Hall–Kier alpha value is -3.32. The van der Waals surface area contributed by atoms with Crippen LogP contribution < -0.4 is 38.8 Å². The van der Waals surface area contributed by atoms with Crippen molar-refractivity contribution in [1.82, 2.24) is 10.2 Å². The van der Waals surface area contributed by atoms with Crippen LogP contribution in [0.5, 0.6) is 11.5 Å². The van der Waals surface area contributed by atoms with Gasteiger partial charge in [0.05, 0.1) is 27.4 Å². The summed E-state index contributed by atoms with van der Waals surface area (Å²) in [6, 6.07) is 26.3. The number of amides is 1. The van der Waals surface area contributed by atoms with E-state index >= 15 is 0 Å². The van der Waals surface area contributed by atoms with E-state index in [0.717, 1.165) is 79.8 Å². The number of methoxy groups -OCH3 is 2. The van der Waals surface area contributed by atoms with Gasteiger partial charge >= 0.3 is 18.9 Å². The standard InChI is InChI=1S/C51H76N2O7.Li/c1-49(40-54)38-53(47(55)26-20-13-9-8-12-16-23-37-52-36-22-15-11-7-5-6-10-14-21-27-48(56)57)39-50(49,2)41-60-51(42-24-18-17-19-25-42,43-28-32-45(58-3)33-29-43)44-30-34-46(59-4)35-31-44;/h17-19,24-25,28-35,52,54H,5-16,20-23,26-27,36-41H2,1-4H3,(H,56,57);/q;+1/p-1. The summed E-state index contributed by atoms with van der Waals surface area (Å²) in [5.74, 6) is 0.745. The molecule has 10 heteroatoms. The first kappa shape index (κ1) is 52.0. The van der Waals surface area contributed by atoms with Gasteiger partial charge in [-0.2, -0.15) is 0 Å². The van der Waals surface area contributed by atoms with Crippen molar-refractivity contribution in [3.63, 3.8) is 0 Å². The van der Waals surface area contributed by atoms with E-state index < -0.39 is 22.4 Å². The molecule has 332 valence electrons. The molecule has 1 fully saturated rings. The summed E-state index contributed by atoms with van der Waals surface area (Å²) in [5.41, 5.74) is 0.823. The Kier molecular flexibility index (Phi) is 23.6. The second kappa shape index (κ2) is 27.7. The van der Waals surface area contributed by atoms with Gasteiger partial charge in [-0.15, -0.1) is 0 Å². The molecule has 1 aliphatic rings. The summed E-state index contributed by atoms with van der Waals surface area (Å²) in [6.07, 6.45) is 19.1. The predicted molar refractivity (Wildman–Crippen MR) is 239 cm³/mol. The molecule has 61 heavy (non-hydrogen) atoms. The largest absolute Gasteiger partial charge is 1.00 e. The van der Waals surface area contributed by atoms with Gasteiger partial charge in [0.15, 0.2) is 0 Å². The number of hydrogen-bond acceptors (Lipinski definition) is 8. The molecule has 0 radical (unpaired) electrons. The number of benzene rings is 3. The van der Waals surface area contributed by atoms with Gasteiger partial charge in [0, 0.05) is 36.3 Å². The van der Waals surface area contributed by atoms with Crippen LogP contribution in [0.25, 0.3) is 0 Å². The monoisotopic (exact) mass is 835 g/mol. The minimum absolute atomic E-state index is 0. The molecule has 3 aromatic rings. The second-order valence-electron chi connectivity index (χ2n) is 17.6. The molecule has 2 N–H and O–H groups in total. The Balaban J connectivity index is 0.00000992. The van der Waals surface area contributed by atoms with Crippen molar-refractivity contribution in [3.05, 3.63) is 95.6 Å². The average Bonchev–Trinajstić information content (AvgIpc) is 3.55. The minimum atomic E-state index is -0.985. The molecule has 0 bridgehead atoms. The van der Waals surface area contributed by atoms with Crippen LogP contribution in [0.4, 0.5) is 0 Å². The third kappa shape index (κ3) is 15.8. The second-order valence-corrected chi connectivity index (χ2v) is 17.6. The fourth-order valence-electron chi connectivity index (χ4n) is 8.71. The SMILES string of the molecule is COc1ccc(C(OCC2(C)CN(C(=O)CCCCCCCCCNCCCCCCCCCCCC(=O)[O-])CC2(C)CO)(c2ccccc2)c2ccc(OC)cc2)cc1.[Li+]. The van der Waals surface area contributed by atoms with E-state index in [0.29, 0.717) is 26.1 Å². The maximum Gasteiger partial charge on any atom is 1.00 e. The number of aliphatic carboxylic acids is 1. The van der Waals surface area contributed by atoms with E-state index in [-0.39, 0.29) is 37.8 Å². The third-order valence-electron chi connectivity index (χ3n) is 13.0. The number of nitrogens with zero attached hydrogens (tertiary/aromatic N) is 1. The van der Waals surface area contributed by atoms with Crippen molar-refractivity contribution in [2.75, 3.05) is 53.6 Å². The van der Waals surface area contributed by atoms with Crippen LogP contribution in [0.3, 0.4) is 0 Å². The molecule has 2 unspecified atom stereocenters. The smallest absolute Gasteiger partial charge is 0.550 e. The van der Waals surface area contributed by atoms with Crippen LogP contribution >= 0.6 is 0 Å².